The molecule has 4 nitrogen and oxygen atoms in total. The first kappa shape index (κ1) is 33.9. The molecular weight excluding hydrogens is 432 g/mol. The summed E-state index contributed by atoms with van der Waals surface area (Å²) < 4.78 is 0. The van der Waals surface area contributed by atoms with Gasteiger partial charge in [0.25, 0.3) is 0 Å². The van der Waals surface area contributed by atoms with E-state index >= 15 is 0 Å². The molecule has 0 bridgehead atoms. The molecule has 0 spiro atoms. The predicted molar refractivity (Wildman–Crippen MR) is 153 cm³/mol. The molecule has 0 fully saturated rings. The lowest BCUT2D eigenvalue weighted by Gasteiger charge is -2.08. The van der Waals surface area contributed by atoms with Crippen LogP contribution in [0.3, 0.4) is 0 Å². The first-order valence-corrected chi connectivity index (χ1v) is 15.7. The maximum absolute atomic E-state index is 11.9. The Hall–Kier alpha value is -1.06. The molecule has 0 radical (unpaired) electrons. The molecule has 0 aliphatic rings. The molecule has 0 unspecified atom stereocenters. The number of carbonyl (C=O) groups is 2. The van der Waals surface area contributed by atoms with E-state index in [-0.39, 0.29) is 18.5 Å². The lowest BCUT2D eigenvalue weighted by Crippen LogP contribution is -2.37. The molecular formula is C31H62N2O2. The van der Waals surface area contributed by atoms with E-state index in [1.165, 1.54) is 128 Å². The average molecular weight is 495 g/mol. The standard InChI is InChI=1S/C31H62N2O2/c1-3-5-7-9-11-13-15-17-19-21-23-25-27-30(34)32-29-33-31(35)28-26-24-22-20-18-16-14-12-10-8-6-4-2/h3-29H2,1-2H3,(H,32,34)(H,33,35). The van der Waals surface area contributed by atoms with Gasteiger partial charge in [0.1, 0.15) is 0 Å². The fraction of sp³-hybridized carbons (Fsp3) is 0.935. The Balaban J connectivity index is 3.28. The SMILES string of the molecule is CCCCCCCCCCCCCCC(=O)NCNC(=O)CCCCCCCCCCCCCC. The van der Waals surface area contributed by atoms with E-state index < -0.39 is 0 Å². The minimum Gasteiger partial charge on any atom is -0.339 e. The van der Waals surface area contributed by atoms with Crippen LogP contribution in [0.15, 0.2) is 0 Å². The van der Waals surface area contributed by atoms with Gasteiger partial charge in [0, 0.05) is 12.8 Å². The molecule has 0 atom stereocenters. The normalized spacial score (nSPS) is 11.0. The number of carbonyl (C=O) groups excluding carboxylic acids is 2. The van der Waals surface area contributed by atoms with Gasteiger partial charge >= 0.3 is 0 Å². The minimum atomic E-state index is 0.0581. The Bertz CT molecular complexity index is 413. The number of amides is 2. The number of rotatable bonds is 28. The van der Waals surface area contributed by atoms with Crippen molar-refractivity contribution in [2.75, 3.05) is 6.67 Å². The molecule has 0 rings (SSSR count). The topological polar surface area (TPSA) is 58.2 Å². The second kappa shape index (κ2) is 29.2. The number of unbranched alkanes of at least 4 members (excludes halogenated alkanes) is 22. The van der Waals surface area contributed by atoms with Crippen molar-refractivity contribution in [1.29, 1.82) is 0 Å². The average Bonchev–Trinajstić information content (AvgIpc) is 2.85. The molecule has 0 aromatic heterocycles. The second-order valence-corrected chi connectivity index (χ2v) is 10.7. The van der Waals surface area contributed by atoms with Gasteiger partial charge in [-0.1, -0.05) is 155 Å². The molecule has 0 aliphatic heterocycles. The zero-order chi connectivity index (χ0) is 25.7. The van der Waals surface area contributed by atoms with Crippen LogP contribution in [0.25, 0.3) is 0 Å². The summed E-state index contributed by atoms with van der Waals surface area (Å²) in [7, 11) is 0. The third-order valence-electron chi connectivity index (χ3n) is 7.09. The zero-order valence-corrected chi connectivity index (χ0v) is 23.9. The smallest absolute Gasteiger partial charge is 0.221 e. The van der Waals surface area contributed by atoms with Gasteiger partial charge in [0.15, 0.2) is 0 Å². The van der Waals surface area contributed by atoms with E-state index in [4.69, 9.17) is 0 Å². The lowest BCUT2D eigenvalue weighted by atomic mass is 10.0. The monoisotopic (exact) mass is 494 g/mol. The fourth-order valence-electron chi connectivity index (χ4n) is 4.67. The van der Waals surface area contributed by atoms with Crippen LogP contribution < -0.4 is 10.6 Å². The van der Waals surface area contributed by atoms with Crippen LogP contribution in [0.1, 0.15) is 181 Å². The van der Waals surface area contributed by atoms with Crippen molar-refractivity contribution in [2.45, 2.75) is 181 Å². The Kier molecular flexibility index (Phi) is 28.3. The molecule has 0 saturated heterocycles. The van der Waals surface area contributed by atoms with Crippen molar-refractivity contribution in [3.8, 4) is 0 Å². The van der Waals surface area contributed by atoms with Crippen molar-refractivity contribution in [1.82, 2.24) is 10.6 Å². The second-order valence-electron chi connectivity index (χ2n) is 10.7. The van der Waals surface area contributed by atoms with Crippen molar-refractivity contribution < 1.29 is 9.59 Å². The van der Waals surface area contributed by atoms with Gasteiger partial charge < -0.3 is 10.6 Å². The summed E-state index contributed by atoms with van der Waals surface area (Å²) >= 11 is 0. The van der Waals surface area contributed by atoms with Gasteiger partial charge in [-0.3, -0.25) is 9.59 Å². The highest BCUT2D eigenvalue weighted by Crippen LogP contribution is 2.13. The highest BCUT2D eigenvalue weighted by atomic mass is 16.2. The Morgan fingerprint density at radius 2 is 0.600 bits per heavy atom. The van der Waals surface area contributed by atoms with Gasteiger partial charge in [-0.05, 0) is 12.8 Å². The first-order chi connectivity index (χ1) is 17.2. The van der Waals surface area contributed by atoms with E-state index in [1.807, 2.05) is 0 Å². The van der Waals surface area contributed by atoms with E-state index in [9.17, 15) is 9.59 Å². The molecule has 0 aliphatic carbocycles. The molecule has 2 N–H and O–H groups in total. The summed E-state index contributed by atoms with van der Waals surface area (Å²) in [5.74, 6) is 0.116. The number of hydrogen-bond donors (Lipinski definition) is 2. The van der Waals surface area contributed by atoms with Crippen molar-refractivity contribution in [3.63, 3.8) is 0 Å². The Labute approximate surface area is 219 Å². The predicted octanol–water partition coefficient (Wildman–Crippen LogP) is 9.36. The van der Waals surface area contributed by atoms with Crippen molar-refractivity contribution in [3.05, 3.63) is 0 Å². The van der Waals surface area contributed by atoms with Crippen LogP contribution in [0.4, 0.5) is 0 Å². The third kappa shape index (κ3) is 29.1. The highest BCUT2D eigenvalue weighted by Gasteiger charge is 2.04. The van der Waals surface area contributed by atoms with Gasteiger partial charge in [0.05, 0.1) is 6.67 Å². The summed E-state index contributed by atoms with van der Waals surface area (Å²) in [6.45, 7) is 4.81. The maximum Gasteiger partial charge on any atom is 0.221 e. The molecule has 0 heterocycles. The number of nitrogens with one attached hydrogen (secondary N) is 2. The van der Waals surface area contributed by atoms with Crippen LogP contribution in [0.2, 0.25) is 0 Å². The Morgan fingerprint density at radius 1 is 0.371 bits per heavy atom. The summed E-state index contributed by atoms with van der Waals surface area (Å²) in [5.41, 5.74) is 0. The van der Waals surface area contributed by atoms with E-state index in [1.54, 1.807) is 0 Å². The van der Waals surface area contributed by atoms with Gasteiger partial charge in [-0.25, -0.2) is 0 Å². The van der Waals surface area contributed by atoms with E-state index in [0.29, 0.717) is 12.8 Å². The van der Waals surface area contributed by atoms with E-state index in [0.717, 1.165) is 25.7 Å². The summed E-state index contributed by atoms with van der Waals surface area (Å²) in [6, 6.07) is 0. The molecule has 208 valence electrons. The third-order valence-corrected chi connectivity index (χ3v) is 7.09. The quantitative estimate of drug-likeness (QED) is 0.0840. The first-order valence-electron chi connectivity index (χ1n) is 15.7. The highest BCUT2D eigenvalue weighted by molar-refractivity contribution is 5.78. The van der Waals surface area contributed by atoms with E-state index in [2.05, 4.69) is 24.5 Å². The van der Waals surface area contributed by atoms with Crippen LogP contribution >= 0.6 is 0 Å². The van der Waals surface area contributed by atoms with Gasteiger partial charge in [-0.2, -0.15) is 0 Å². The maximum atomic E-state index is 11.9. The lowest BCUT2D eigenvalue weighted by molar-refractivity contribution is -0.123. The number of hydrogen-bond acceptors (Lipinski definition) is 2. The molecule has 4 heteroatoms. The molecule has 35 heavy (non-hydrogen) atoms. The largest absolute Gasteiger partial charge is 0.339 e. The summed E-state index contributed by atoms with van der Waals surface area (Å²) in [4.78, 5) is 23.8. The van der Waals surface area contributed by atoms with Crippen LogP contribution in [0.5, 0.6) is 0 Å². The summed E-state index contributed by atoms with van der Waals surface area (Å²) in [6.07, 6.45) is 32.4. The molecule has 0 saturated carbocycles. The van der Waals surface area contributed by atoms with Crippen LogP contribution in [-0.2, 0) is 9.59 Å². The van der Waals surface area contributed by atoms with Gasteiger partial charge in [-0.15, -0.1) is 0 Å². The van der Waals surface area contributed by atoms with Crippen molar-refractivity contribution in [2.24, 2.45) is 0 Å². The van der Waals surface area contributed by atoms with Crippen LogP contribution in [0, 0.1) is 0 Å². The van der Waals surface area contributed by atoms with Gasteiger partial charge in [0.2, 0.25) is 11.8 Å². The molecule has 0 aromatic carbocycles. The summed E-state index contributed by atoms with van der Waals surface area (Å²) in [5, 5.41) is 5.66. The fourth-order valence-corrected chi connectivity index (χ4v) is 4.67. The van der Waals surface area contributed by atoms with Crippen LogP contribution in [-0.4, -0.2) is 18.5 Å². The van der Waals surface area contributed by atoms with Crippen molar-refractivity contribution >= 4 is 11.8 Å². The Morgan fingerprint density at radius 3 is 0.857 bits per heavy atom. The minimum absolute atomic E-state index is 0.0581. The molecule has 0 aromatic rings. The molecule has 2 amide bonds. The zero-order valence-electron chi connectivity index (χ0n) is 23.9.